The molecule has 0 heterocycles. The number of carbonyl (C=O) groups is 1. The van der Waals surface area contributed by atoms with Gasteiger partial charge in [-0.05, 0) is 18.9 Å². The lowest BCUT2D eigenvalue weighted by molar-refractivity contribution is -0.870. The van der Waals surface area contributed by atoms with Gasteiger partial charge in [0, 0.05) is 0 Å². The van der Waals surface area contributed by atoms with Crippen molar-refractivity contribution in [1.82, 2.24) is 0 Å². The molecule has 1 aliphatic carbocycles. The van der Waals surface area contributed by atoms with Gasteiger partial charge in [0.05, 0.1) is 26.7 Å². The van der Waals surface area contributed by atoms with Crippen LogP contribution in [0.3, 0.4) is 0 Å². The third-order valence-corrected chi connectivity index (χ3v) is 2.99. The molecule has 106 valence electrons. The molecule has 3 heteroatoms. The minimum atomic E-state index is -0.212. The van der Waals surface area contributed by atoms with Crippen LogP contribution in [-0.4, -0.2) is 44.7 Å². The van der Waals surface area contributed by atoms with Crippen molar-refractivity contribution in [1.29, 1.82) is 0 Å². The molecule has 0 amide bonds. The molecule has 0 bridgehead atoms. The number of esters is 1. The Labute approximate surface area is 116 Å². The molecule has 1 rings (SSSR count). The van der Waals surface area contributed by atoms with Crippen molar-refractivity contribution in [2.75, 3.05) is 34.3 Å². The van der Waals surface area contributed by atoms with Gasteiger partial charge in [-0.3, -0.25) is 0 Å². The van der Waals surface area contributed by atoms with Gasteiger partial charge in [0.2, 0.25) is 0 Å². The lowest BCUT2D eigenvalue weighted by Crippen LogP contribution is -2.38. The molecule has 1 aliphatic rings. The zero-order chi connectivity index (χ0) is 14.3. The van der Waals surface area contributed by atoms with E-state index in [0.717, 1.165) is 30.3 Å². The lowest BCUT2D eigenvalue weighted by Gasteiger charge is -2.23. The number of allylic oxidation sites excluding steroid dienone is 4. The molecule has 0 aromatic carbocycles. The highest BCUT2D eigenvalue weighted by Crippen LogP contribution is 2.17. The maximum Gasteiger partial charge on any atom is 0.338 e. The molecule has 0 radical (unpaired) electrons. The van der Waals surface area contributed by atoms with Gasteiger partial charge < -0.3 is 9.22 Å². The number of nitrogens with zero attached hydrogens (tertiary/aromatic N) is 1. The van der Waals surface area contributed by atoms with Crippen LogP contribution in [0.4, 0.5) is 0 Å². The molecule has 0 atom stereocenters. The number of carbonyl (C=O) groups excluding carboxylic acids is 1. The summed E-state index contributed by atoms with van der Waals surface area (Å²) >= 11 is 0. The van der Waals surface area contributed by atoms with Gasteiger partial charge in [0.25, 0.3) is 0 Å². The summed E-state index contributed by atoms with van der Waals surface area (Å²) < 4.78 is 6.11. The first-order valence-electron chi connectivity index (χ1n) is 6.96. The summed E-state index contributed by atoms with van der Waals surface area (Å²) in [4.78, 5) is 11.9. The van der Waals surface area contributed by atoms with E-state index in [-0.39, 0.29) is 5.97 Å². The molecule has 0 aromatic heterocycles. The van der Waals surface area contributed by atoms with Crippen LogP contribution in [0.15, 0.2) is 35.5 Å². The van der Waals surface area contributed by atoms with Gasteiger partial charge in [-0.1, -0.05) is 37.1 Å². The third-order valence-electron chi connectivity index (χ3n) is 2.99. The maximum absolute atomic E-state index is 11.9. The van der Waals surface area contributed by atoms with Crippen molar-refractivity contribution in [3.8, 4) is 0 Å². The van der Waals surface area contributed by atoms with E-state index >= 15 is 0 Å². The third kappa shape index (κ3) is 6.39. The van der Waals surface area contributed by atoms with E-state index in [2.05, 4.69) is 34.1 Å². The second-order valence-corrected chi connectivity index (χ2v) is 5.95. The summed E-state index contributed by atoms with van der Waals surface area (Å²) in [7, 11) is 6.25. The molecule has 0 N–H and O–H groups in total. The fraction of sp³-hybridized carbons (Fsp3) is 0.562. The predicted molar refractivity (Wildman–Crippen MR) is 78.7 cm³/mol. The van der Waals surface area contributed by atoms with Crippen molar-refractivity contribution < 1.29 is 14.0 Å². The van der Waals surface area contributed by atoms with Crippen molar-refractivity contribution in [2.24, 2.45) is 0 Å². The highest BCUT2D eigenvalue weighted by Gasteiger charge is 2.12. The lowest BCUT2D eigenvalue weighted by atomic mass is 10.1. The molecule has 0 saturated heterocycles. The predicted octanol–water partition coefficient (Wildman–Crippen LogP) is 2.85. The Morgan fingerprint density at radius 2 is 2.11 bits per heavy atom. The fourth-order valence-corrected chi connectivity index (χ4v) is 1.82. The standard InChI is InChI=1S/C16H26NO2/c1-5-7-14-8-6-9-15(11-10-14)16(18)19-13-12-17(2,3)4/h6,8-9,11H,5,7,10,12-13H2,1-4H3/q+1. The monoisotopic (exact) mass is 264 g/mol. The molecule has 0 saturated carbocycles. The van der Waals surface area contributed by atoms with Crippen molar-refractivity contribution in [3.63, 3.8) is 0 Å². The van der Waals surface area contributed by atoms with Crippen LogP contribution in [-0.2, 0) is 9.53 Å². The number of likely N-dealkylation sites (N-methyl/N-ethyl adjacent to an activating group) is 1. The van der Waals surface area contributed by atoms with E-state index in [1.165, 1.54) is 5.57 Å². The van der Waals surface area contributed by atoms with E-state index < -0.39 is 0 Å². The number of hydrogen-bond acceptors (Lipinski definition) is 2. The smallest absolute Gasteiger partial charge is 0.338 e. The summed E-state index contributed by atoms with van der Waals surface area (Å²) in [6.07, 6.45) is 10.9. The van der Waals surface area contributed by atoms with Crippen LogP contribution < -0.4 is 0 Å². The van der Waals surface area contributed by atoms with Gasteiger partial charge in [-0.25, -0.2) is 4.79 Å². The topological polar surface area (TPSA) is 26.3 Å². The average Bonchev–Trinajstić information content (AvgIpc) is 2.53. The largest absolute Gasteiger partial charge is 0.456 e. The van der Waals surface area contributed by atoms with E-state index in [0.29, 0.717) is 12.2 Å². The van der Waals surface area contributed by atoms with Crippen LogP contribution in [0, 0.1) is 0 Å². The average molecular weight is 264 g/mol. The molecule has 3 nitrogen and oxygen atoms in total. The van der Waals surface area contributed by atoms with E-state index in [1.807, 2.05) is 18.2 Å². The molecular weight excluding hydrogens is 238 g/mol. The fourth-order valence-electron chi connectivity index (χ4n) is 1.82. The van der Waals surface area contributed by atoms with Crippen LogP contribution in [0.5, 0.6) is 0 Å². The second-order valence-electron chi connectivity index (χ2n) is 5.95. The first-order chi connectivity index (χ1) is 8.92. The first-order valence-corrected chi connectivity index (χ1v) is 6.96. The summed E-state index contributed by atoms with van der Waals surface area (Å²) in [5.41, 5.74) is 2.04. The van der Waals surface area contributed by atoms with Crippen LogP contribution >= 0.6 is 0 Å². The van der Waals surface area contributed by atoms with Gasteiger partial charge >= 0.3 is 5.97 Å². The summed E-state index contributed by atoms with van der Waals surface area (Å²) in [6.45, 7) is 3.45. The molecule has 0 aliphatic heterocycles. The zero-order valence-electron chi connectivity index (χ0n) is 12.6. The van der Waals surface area contributed by atoms with E-state index in [9.17, 15) is 4.79 Å². The first kappa shape index (κ1) is 15.7. The highest BCUT2D eigenvalue weighted by atomic mass is 16.5. The molecule has 0 spiro atoms. The van der Waals surface area contributed by atoms with E-state index in [4.69, 9.17) is 4.74 Å². The maximum atomic E-state index is 11.9. The normalized spacial score (nSPS) is 15.6. The van der Waals surface area contributed by atoms with Crippen molar-refractivity contribution in [3.05, 3.63) is 35.5 Å². The highest BCUT2D eigenvalue weighted by molar-refractivity contribution is 5.91. The van der Waals surface area contributed by atoms with Gasteiger partial charge in [-0.2, -0.15) is 0 Å². The Hall–Kier alpha value is -1.35. The van der Waals surface area contributed by atoms with Crippen molar-refractivity contribution >= 4 is 5.97 Å². The Morgan fingerprint density at radius 1 is 1.37 bits per heavy atom. The second kappa shape index (κ2) is 7.29. The number of quaternary nitrogens is 1. The van der Waals surface area contributed by atoms with Gasteiger partial charge in [0.1, 0.15) is 13.2 Å². The molecule has 0 aromatic rings. The zero-order valence-corrected chi connectivity index (χ0v) is 12.6. The number of hydrogen-bond donors (Lipinski definition) is 0. The summed E-state index contributed by atoms with van der Waals surface area (Å²) in [6, 6.07) is 0. The Morgan fingerprint density at radius 3 is 2.74 bits per heavy atom. The van der Waals surface area contributed by atoms with Crippen LogP contribution in [0.2, 0.25) is 0 Å². The summed E-state index contributed by atoms with van der Waals surface area (Å²) in [5.74, 6) is -0.212. The van der Waals surface area contributed by atoms with Crippen LogP contribution in [0.25, 0.3) is 0 Å². The Kier molecular flexibility index (Phi) is 6.03. The Balaban J connectivity index is 2.46. The van der Waals surface area contributed by atoms with Crippen molar-refractivity contribution in [2.45, 2.75) is 26.2 Å². The van der Waals surface area contributed by atoms with Crippen LogP contribution in [0.1, 0.15) is 26.2 Å². The number of rotatable bonds is 6. The van der Waals surface area contributed by atoms with Gasteiger partial charge in [-0.15, -0.1) is 0 Å². The molecular formula is C16H26NO2+. The number of ether oxygens (including phenoxy) is 1. The molecule has 19 heavy (non-hydrogen) atoms. The SMILES string of the molecule is CCCC1=CC=CC(C(=O)OCC[N+](C)(C)C)=CC1. The Bertz CT molecular complexity index is 397. The summed E-state index contributed by atoms with van der Waals surface area (Å²) in [5, 5.41) is 0. The quantitative estimate of drug-likeness (QED) is 0.545. The minimum absolute atomic E-state index is 0.212. The van der Waals surface area contributed by atoms with Gasteiger partial charge in [0.15, 0.2) is 0 Å². The minimum Gasteiger partial charge on any atom is -0.456 e. The van der Waals surface area contributed by atoms with E-state index in [1.54, 1.807) is 0 Å². The molecule has 0 unspecified atom stereocenters. The molecule has 0 fully saturated rings.